The zero-order valence-corrected chi connectivity index (χ0v) is 20.7. The van der Waals surface area contributed by atoms with Crippen molar-refractivity contribution in [2.24, 2.45) is 0 Å². The van der Waals surface area contributed by atoms with E-state index >= 15 is 0 Å². The van der Waals surface area contributed by atoms with E-state index in [1.54, 1.807) is 24.3 Å². The molecule has 0 radical (unpaired) electrons. The van der Waals surface area contributed by atoms with E-state index < -0.39 is 17.6 Å². The summed E-state index contributed by atoms with van der Waals surface area (Å²) in [6.45, 7) is 0.884. The van der Waals surface area contributed by atoms with Crippen molar-refractivity contribution in [1.82, 2.24) is 0 Å². The topological polar surface area (TPSA) is 93.5 Å². The molecule has 0 bridgehead atoms. The number of carbonyl (C=O) groups is 2. The van der Waals surface area contributed by atoms with Crippen molar-refractivity contribution < 1.29 is 14.7 Å². The van der Waals surface area contributed by atoms with Crippen molar-refractivity contribution in [3.8, 4) is 11.1 Å². The van der Waals surface area contributed by atoms with Crippen LogP contribution >= 0.6 is 0 Å². The summed E-state index contributed by atoms with van der Waals surface area (Å²) >= 11 is 0. The summed E-state index contributed by atoms with van der Waals surface area (Å²) in [5.41, 5.74) is 5.85. The van der Waals surface area contributed by atoms with Gasteiger partial charge in [0.15, 0.2) is 5.71 Å². The van der Waals surface area contributed by atoms with Crippen molar-refractivity contribution in [1.29, 1.82) is 5.41 Å². The van der Waals surface area contributed by atoms with Crippen molar-refractivity contribution >= 4 is 40.7 Å². The van der Waals surface area contributed by atoms with Crippen LogP contribution in [0.2, 0.25) is 0 Å². The van der Waals surface area contributed by atoms with Gasteiger partial charge in [0.25, 0.3) is 5.91 Å². The van der Waals surface area contributed by atoms with Gasteiger partial charge in [-0.2, -0.15) is 0 Å². The highest BCUT2D eigenvalue weighted by Gasteiger charge is 2.22. The predicted octanol–water partition coefficient (Wildman–Crippen LogP) is 6.56. The summed E-state index contributed by atoms with van der Waals surface area (Å²) in [6.07, 6.45) is 3.31. The molecule has 3 N–H and O–H groups in total. The monoisotopic (exact) mass is 501 g/mol. The summed E-state index contributed by atoms with van der Waals surface area (Å²) in [7, 11) is 0. The largest absolute Gasteiger partial charge is 0.477 e. The minimum atomic E-state index is -1.46. The van der Waals surface area contributed by atoms with E-state index in [1.807, 2.05) is 42.5 Å². The van der Waals surface area contributed by atoms with Crippen LogP contribution in [-0.2, 0) is 16.0 Å². The summed E-state index contributed by atoms with van der Waals surface area (Å²) in [4.78, 5) is 26.8. The maximum atomic E-state index is 12.9. The molecule has 1 heterocycles. The smallest absolute Gasteiger partial charge is 0.354 e. The average molecular weight is 502 g/mol. The van der Waals surface area contributed by atoms with Gasteiger partial charge in [-0.1, -0.05) is 66.7 Å². The molecule has 38 heavy (non-hydrogen) atoms. The van der Waals surface area contributed by atoms with Gasteiger partial charge in [-0.25, -0.2) is 4.79 Å². The Bertz CT molecular complexity index is 1530. The number of carboxylic acids is 1. The maximum Gasteiger partial charge on any atom is 0.354 e. The van der Waals surface area contributed by atoms with E-state index in [1.165, 1.54) is 6.08 Å². The lowest BCUT2D eigenvalue weighted by molar-refractivity contribution is -0.129. The summed E-state index contributed by atoms with van der Waals surface area (Å²) in [5.74, 6) is -2.09. The number of fused-ring (bicyclic) bond motifs is 1. The van der Waals surface area contributed by atoms with Crippen LogP contribution in [0.5, 0.6) is 0 Å². The number of amides is 1. The third-order valence-electron chi connectivity index (χ3n) is 6.56. The molecule has 0 saturated heterocycles. The molecule has 6 heteroatoms. The summed E-state index contributed by atoms with van der Waals surface area (Å²) in [6, 6.07) is 33.4. The van der Waals surface area contributed by atoms with Gasteiger partial charge in [0.2, 0.25) is 0 Å². The Hall–Kier alpha value is -4.97. The Kier molecular flexibility index (Phi) is 7.13. The van der Waals surface area contributed by atoms with Crippen molar-refractivity contribution in [2.75, 3.05) is 16.8 Å². The molecular formula is C32H27N3O3. The lowest BCUT2D eigenvalue weighted by Crippen LogP contribution is -2.25. The number of para-hydroxylation sites is 1. The molecule has 0 saturated carbocycles. The molecule has 1 aliphatic heterocycles. The lowest BCUT2D eigenvalue weighted by Gasteiger charge is -2.32. The molecule has 4 aromatic carbocycles. The normalized spacial score (nSPS) is 12.9. The maximum absolute atomic E-state index is 12.9. The second kappa shape index (κ2) is 11.0. The molecule has 0 aliphatic carbocycles. The van der Waals surface area contributed by atoms with Gasteiger partial charge < -0.3 is 15.3 Å². The van der Waals surface area contributed by atoms with Crippen LogP contribution in [0.15, 0.2) is 109 Å². The first-order valence-corrected chi connectivity index (χ1v) is 12.5. The molecule has 0 fully saturated rings. The predicted molar refractivity (Wildman–Crippen MR) is 152 cm³/mol. The molecular weight excluding hydrogens is 474 g/mol. The number of aryl methyl sites for hydroxylation is 1. The number of rotatable bonds is 7. The zero-order chi connectivity index (χ0) is 26.5. The number of benzene rings is 4. The average Bonchev–Trinajstić information content (AvgIpc) is 2.96. The zero-order valence-electron chi connectivity index (χ0n) is 20.7. The first-order valence-electron chi connectivity index (χ1n) is 12.5. The van der Waals surface area contributed by atoms with Crippen LogP contribution in [0, 0.1) is 5.41 Å². The van der Waals surface area contributed by atoms with E-state index in [2.05, 4.69) is 46.6 Å². The molecule has 0 unspecified atom stereocenters. The minimum Gasteiger partial charge on any atom is -0.477 e. The number of hydrogen-bond acceptors (Lipinski definition) is 4. The number of nitrogens with zero attached hydrogens (tertiary/aromatic N) is 1. The fraction of sp³-hybridized carbons (Fsp3) is 0.0938. The molecule has 0 aromatic heterocycles. The molecule has 0 spiro atoms. The number of carboxylic acid groups (broad SMARTS) is 1. The van der Waals surface area contributed by atoms with Crippen molar-refractivity contribution in [2.45, 2.75) is 12.8 Å². The fourth-order valence-electron chi connectivity index (χ4n) is 4.71. The van der Waals surface area contributed by atoms with E-state index in [0.29, 0.717) is 11.3 Å². The third-order valence-corrected chi connectivity index (χ3v) is 6.56. The highest BCUT2D eigenvalue weighted by atomic mass is 16.4. The van der Waals surface area contributed by atoms with Gasteiger partial charge in [0, 0.05) is 23.6 Å². The van der Waals surface area contributed by atoms with Gasteiger partial charge in [0.1, 0.15) is 0 Å². The highest BCUT2D eigenvalue weighted by Crippen LogP contribution is 2.36. The summed E-state index contributed by atoms with van der Waals surface area (Å²) < 4.78 is 0. The quantitative estimate of drug-likeness (QED) is 0.197. The number of anilines is 3. The van der Waals surface area contributed by atoms with Gasteiger partial charge in [-0.05, 0) is 77.6 Å². The van der Waals surface area contributed by atoms with Gasteiger partial charge in [-0.15, -0.1) is 0 Å². The molecule has 0 atom stereocenters. The van der Waals surface area contributed by atoms with Crippen molar-refractivity contribution in [3.63, 3.8) is 0 Å². The van der Waals surface area contributed by atoms with Crippen molar-refractivity contribution in [3.05, 3.63) is 120 Å². The van der Waals surface area contributed by atoms with E-state index in [-0.39, 0.29) is 5.57 Å². The Labute approximate surface area is 221 Å². The standard InChI is InChI=1S/C32H27N3O3/c33-30(32(37)38)28(31(36)34-26-13-5-2-6-14-26)20-22-16-17-29-25(19-22)12-8-18-35(29)27-15-7-11-24(21-27)23-9-3-1-4-10-23/h1-7,9-11,13-17,19-21,33H,8,12,18H2,(H,34,36)(H,37,38)/b28-20-,33-30?. The Morgan fingerprint density at radius 1 is 0.842 bits per heavy atom. The minimum absolute atomic E-state index is 0.204. The first kappa shape index (κ1) is 24.7. The van der Waals surface area contributed by atoms with Gasteiger partial charge in [0.05, 0.1) is 5.57 Å². The number of hydrogen-bond donors (Lipinski definition) is 3. The van der Waals surface area contributed by atoms with Gasteiger partial charge in [-0.3, -0.25) is 10.2 Å². The lowest BCUT2D eigenvalue weighted by atomic mass is 9.96. The SMILES string of the molecule is N=C(C(=O)O)/C(=C/c1ccc2c(c1)CCCN2c1cccc(-c2ccccc2)c1)C(=O)Nc1ccccc1. The number of carbonyl (C=O) groups excluding carboxylic acids is 1. The van der Waals surface area contributed by atoms with Crippen LogP contribution in [0.4, 0.5) is 17.1 Å². The van der Waals surface area contributed by atoms with Crippen LogP contribution in [-0.4, -0.2) is 29.2 Å². The second-order valence-electron chi connectivity index (χ2n) is 9.12. The highest BCUT2D eigenvalue weighted by molar-refractivity contribution is 6.50. The van der Waals surface area contributed by atoms with E-state index in [4.69, 9.17) is 5.41 Å². The second-order valence-corrected chi connectivity index (χ2v) is 9.12. The molecule has 4 aromatic rings. The molecule has 1 amide bonds. The van der Waals surface area contributed by atoms with Crippen LogP contribution in [0.3, 0.4) is 0 Å². The Morgan fingerprint density at radius 2 is 1.55 bits per heavy atom. The molecule has 5 rings (SSSR count). The Morgan fingerprint density at radius 3 is 2.29 bits per heavy atom. The van der Waals surface area contributed by atoms with Crippen LogP contribution < -0.4 is 10.2 Å². The number of aliphatic carboxylic acids is 1. The Balaban J connectivity index is 1.46. The molecule has 188 valence electrons. The molecule has 6 nitrogen and oxygen atoms in total. The van der Waals surface area contributed by atoms with Crippen LogP contribution in [0.25, 0.3) is 17.2 Å². The fourth-order valence-corrected chi connectivity index (χ4v) is 4.71. The number of nitrogens with one attached hydrogen (secondary N) is 2. The van der Waals surface area contributed by atoms with Gasteiger partial charge >= 0.3 is 5.97 Å². The summed E-state index contributed by atoms with van der Waals surface area (Å²) in [5, 5.41) is 20.2. The van der Waals surface area contributed by atoms with Crippen LogP contribution in [0.1, 0.15) is 17.5 Å². The first-order chi connectivity index (χ1) is 18.5. The van der Waals surface area contributed by atoms with E-state index in [0.717, 1.165) is 47.5 Å². The third kappa shape index (κ3) is 5.39. The van der Waals surface area contributed by atoms with E-state index in [9.17, 15) is 14.7 Å². The molecule has 1 aliphatic rings.